The largest absolute Gasteiger partial charge is 0.492 e. The number of rotatable bonds is 2. The topological polar surface area (TPSA) is 141 Å². The number of carbonyl (C=O) groups excluding carboxylic acids is 2. The van der Waals surface area contributed by atoms with Gasteiger partial charge in [-0.25, -0.2) is 0 Å². The van der Waals surface area contributed by atoms with Gasteiger partial charge in [-0.15, -0.1) is 0 Å². The summed E-state index contributed by atoms with van der Waals surface area (Å²) in [7, 11) is 1.50. The van der Waals surface area contributed by atoms with Crippen molar-refractivity contribution < 1.29 is 14.3 Å². The van der Waals surface area contributed by atoms with Crippen LogP contribution in [0.5, 0.6) is 5.75 Å². The van der Waals surface area contributed by atoms with Crippen LogP contribution in [0, 0.1) is 5.41 Å². The lowest BCUT2D eigenvalue weighted by molar-refractivity contribution is -0.128. The van der Waals surface area contributed by atoms with Gasteiger partial charge in [-0.2, -0.15) is 0 Å². The van der Waals surface area contributed by atoms with Crippen molar-refractivity contribution in [2.75, 3.05) is 39.8 Å². The highest BCUT2D eigenvalue weighted by atomic mass is 35.5. The predicted molar refractivity (Wildman–Crippen MR) is 173 cm³/mol. The summed E-state index contributed by atoms with van der Waals surface area (Å²) in [5, 5.41) is 20.3. The van der Waals surface area contributed by atoms with Gasteiger partial charge in [0, 0.05) is 36.8 Å². The van der Waals surface area contributed by atoms with Gasteiger partial charge in [0.05, 0.1) is 6.54 Å². The first-order valence-electron chi connectivity index (χ1n) is 14.7. The van der Waals surface area contributed by atoms with Gasteiger partial charge in [0.15, 0.2) is 0 Å². The zero-order valence-corrected chi connectivity index (χ0v) is 26.1. The van der Waals surface area contributed by atoms with Crippen LogP contribution >= 0.6 is 11.6 Å². The third-order valence-electron chi connectivity index (χ3n) is 5.86. The van der Waals surface area contributed by atoms with Crippen molar-refractivity contribution in [3.8, 4) is 5.75 Å². The van der Waals surface area contributed by atoms with Crippen molar-refractivity contribution in [3.05, 3.63) is 76.5 Å². The molecule has 10 heteroatoms. The molecule has 2 aromatic rings. The van der Waals surface area contributed by atoms with E-state index in [1.165, 1.54) is 19.0 Å². The van der Waals surface area contributed by atoms with E-state index in [-0.39, 0.29) is 24.8 Å². The molecule has 1 aliphatic heterocycles. The number of benzene rings is 2. The summed E-state index contributed by atoms with van der Waals surface area (Å²) in [5.41, 5.74) is 7.98. The number of fused-ring (bicyclic) bond motifs is 1. The van der Waals surface area contributed by atoms with Crippen LogP contribution in [0.2, 0.25) is 5.02 Å². The molecule has 1 fully saturated rings. The van der Waals surface area contributed by atoms with Crippen molar-refractivity contribution in [1.82, 2.24) is 21.3 Å². The molecule has 0 bridgehead atoms. The minimum atomic E-state index is -0.735. The van der Waals surface area contributed by atoms with Crippen molar-refractivity contribution in [2.45, 2.75) is 58.4 Å². The molecule has 0 saturated heterocycles. The van der Waals surface area contributed by atoms with Crippen molar-refractivity contribution >= 4 is 29.6 Å². The summed E-state index contributed by atoms with van der Waals surface area (Å²) in [5.74, 6) is 0.355. The maximum Gasteiger partial charge on any atom is 0.242 e. The Kier molecular flexibility index (Phi) is 20.2. The zero-order chi connectivity index (χ0) is 31.0. The number of halogens is 1. The molecule has 1 atom stereocenters. The maximum atomic E-state index is 12.5. The van der Waals surface area contributed by atoms with Crippen LogP contribution in [0.15, 0.2) is 65.9 Å². The number of carbonyl (C=O) groups is 2. The Morgan fingerprint density at radius 3 is 2.24 bits per heavy atom. The number of hydrogen-bond acceptors (Lipinski definition) is 7. The molecule has 1 saturated carbocycles. The summed E-state index contributed by atoms with van der Waals surface area (Å²) in [6.45, 7) is 6.76. The van der Waals surface area contributed by atoms with E-state index < -0.39 is 6.04 Å². The first kappa shape index (κ1) is 36.6. The Morgan fingerprint density at radius 2 is 1.62 bits per heavy atom. The molecule has 0 radical (unpaired) electrons. The lowest BCUT2D eigenvalue weighted by Crippen LogP contribution is -2.49. The summed E-state index contributed by atoms with van der Waals surface area (Å²) in [6, 6.07) is 16.7. The fourth-order valence-corrected chi connectivity index (χ4v) is 3.93. The number of allylic oxidation sites excluding steroid dienone is 1. The normalized spacial score (nSPS) is 17.5. The number of amides is 2. The summed E-state index contributed by atoms with van der Waals surface area (Å²) in [4.78, 5) is 24.8. The molecule has 4 rings (SSSR count). The highest BCUT2D eigenvalue weighted by Crippen LogP contribution is 2.30. The highest BCUT2D eigenvalue weighted by Gasteiger charge is 2.21. The first-order valence-corrected chi connectivity index (χ1v) is 15.1. The summed E-state index contributed by atoms with van der Waals surface area (Å²) in [6.07, 6.45) is 6.21. The molecule has 0 aromatic heterocycles. The zero-order valence-electron chi connectivity index (χ0n) is 25.3. The van der Waals surface area contributed by atoms with Crippen LogP contribution < -0.4 is 31.7 Å². The molecule has 42 heavy (non-hydrogen) atoms. The van der Waals surface area contributed by atoms with E-state index in [1.54, 1.807) is 0 Å². The first-order chi connectivity index (χ1) is 20.5. The second kappa shape index (κ2) is 23.2. The third-order valence-corrected chi connectivity index (χ3v) is 6.11. The maximum absolute atomic E-state index is 12.5. The molecule has 1 aliphatic carbocycles. The second-order valence-corrected chi connectivity index (χ2v) is 9.96. The SMILES string of the molecule is CCC.CN.Clc1ccccc1.N=CCC1NC(=O)CNC(=C2CC2)CNCCOc2ccccc2CCCNC1=O. The van der Waals surface area contributed by atoms with Gasteiger partial charge in [-0.05, 0) is 68.3 Å². The number of nitrogens with two attached hydrogens (primary N) is 1. The molecule has 1 unspecified atom stereocenters. The average Bonchev–Trinajstić information content (AvgIpc) is 3.84. The second-order valence-electron chi connectivity index (χ2n) is 9.53. The molecule has 9 nitrogen and oxygen atoms in total. The van der Waals surface area contributed by atoms with Crippen molar-refractivity contribution in [2.24, 2.45) is 5.73 Å². The fourth-order valence-electron chi connectivity index (χ4n) is 3.78. The molecule has 232 valence electrons. The quantitative estimate of drug-likeness (QED) is 0.285. The Morgan fingerprint density at radius 1 is 0.952 bits per heavy atom. The molecular weight excluding hydrogens is 552 g/mol. The fraction of sp³-hybridized carbons (Fsp3) is 0.469. The van der Waals surface area contributed by atoms with Crippen LogP contribution in [-0.4, -0.2) is 63.9 Å². The van der Waals surface area contributed by atoms with E-state index in [2.05, 4.69) is 40.8 Å². The number of nitrogens with one attached hydrogen (secondary N) is 5. The van der Waals surface area contributed by atoms with E-state index in [1.807, 2.05) is 54.6 Å². The van der Waals surface area contributed by atoms with Gasteiger partial charge >= 0.3 is 0 Å². The standard InChI is InChI=1S/C22H31N5O3.C6H5Cl.C3H8.CH5N/c23-10-9-18-22(29)25-11-3-5-17-4-1-2-6-20(17)30-13-12-24-14-19(16-7-8-16)26-15-21(28)27-18;7-6-4-2-1-3-5-6;1-3-2;1-2/h1-2,4,6,10,18,23-24,26H,3,5,7-9,11-15H2,(H,25,29)(H,27,28);1-5H;3H2,1-2H3;2H2,1H3. The summed E-state index contributed by atoms with van der Waals surface area (Å²) >= 11 is 5.54. The van der Waals surface area contributed by atoms with E-state index in [9.17, 15) is 9.59 Å². The lowest BCUT2D eigenvalue weighted by Gasteiger charge is -2.19. The monoisotopic (exact) mass is 600 g/mol. The predicted octanol–water partition coefficient (Wildman–Crippen LogP) is 4.21. The molecule has 2 amide bonds. The van der Waals surface area contributed by atoms with Gasteiger partial charge in [-0.3, -0.25) is 9.59 Å². The molecular formula is C32H49ClN6O3. The highest BCUT2D eigenvalue weighted by molar-refractivity contribution is 6.30. The van der Waals surface area contributed by atoms with Gasteiger partial charge in [0.1, 0.15) is 18.4 Å². The Balaban J connectivity index is 0.000000618. The van der Waals surface area contributed by atoms with Gasteiger partial charge in [-0.1, -0.05) is 68.3 Å². The number of aryl methyl sites for hydroxylation is 1. The molecule has 2 aromatic carbocycles. The molecule has 1 heterocycles. The van der Waals surface area contributed by atoms with Crippen LogP contribution in [0.3, 0.4) is 0 Å². The summed E-state index contributed by atoms with van der Waals surface area (Å²) < 4.78 is 5.96. The third kappa shape index (κ3) is 16.1. The van der Waals surface area contributed by atoms with Crippen molar-refractivity contribution in [1.29, 1.82) is 5.41 Å². The number of ether oxygens (including phenoxy) is 1. The number of hydrogen-bond donors (Lipinski definition) is 6. The minimum absolute atomic E-state index is 0.103. The van der Waals surface area contributed by atoms with E-state index >= 15 is 0 Å². The lowest BCUT2D eigenvalue weighted by atomic mass is 10.1. The number of para-hydroxylation sites is 1. The molecule has 7 N–H and O–H groups in total. The van der Waals surface area contributed by atoms with Gasteiger partial charge < -0.3 is 37.1 Å². The smallest absolute Gasteiger partial charge is 0.242 e. The van der Waals surface area contributed by atoms with Crippen LogP contribution in [0.4, 0.5) is 0 Å². The average molecular weight is 601 g/mol. The molecule has 0 spiro atoms. The molecule has 2 aliphatic rings. The van der Waals surface area contributed by atoms with Gasteiger partial charge in [0.25, 0.3) is 0 Å². The van der Waals surface area contributed by atoms with E-state index in [4.69, 9.17) is 21.7 Å². The Hall–Kier alpha value is -3.40. The minimum Gasteiger partial charge on any atom is -0.492 e. The van der Waals surface area contributed by atoms with E-state index in [0.717, 1.165) is 53.9 Å². The van der Waals surface area contributed by atoms with Crippen molar-refractivity contribution in [3.63, 3.8) is 0 Å². The Labute approximate surface area is 256 Å². The van der Waals surface area contributed by atoms with Crippen LogP contribution in [-0.2, 0) is 16.0 Å². The van der Waals surface area contributed by atoms with Crippen LogP contribution in [0.25, 0.3) is 0 Å². The van der Waals surface area contributed by atoms with E-state index in [0.29, 0.717) is 26.2 Å². The Bertz CT molecular complexity index is 1070. The van der Waals surface area contributed by atoms with Crippen LogP contribution in [0.1, 0.15) is 51.5 Å². The van der Waals surface area contributed by atoms with Gasteiger partial charge in [0.2, 0.25) is 11.8 Å².